The van der Waals surface area contributed by atoms with Crippen LogP contribution in [-0.2, 0) is 4.75 Å². The Morgan fingerprint density at radius 1 is 1.11 bits per heavy atom. The molecule has 0 bridgehead atoms. The quantitative estimate of drug-likeness (QED) is 0.780. The maximum atomic E-state index is 9.51. The molecule has 0 aliphatic carbocycles. The first-order chi connectivity index (χ1) is 9.23. The molecule has 0 amide bonds. The molecule has 0 radical (unpaired) electrons. The van der Waals surface area contributed by atoms with E-state index >= 15 is 0 Å². The van der Waals surface area contributed by atoms with Crippen LogP contribution in [0.5, 0.6) is 0 Å². The Morgan fingerprint density at radius 3 is 2.32 bits per heavy atom. The third-order valence-electron chi connectivity index (χ3n) is 3.48. The summed E-state index contributed by atoms with van der Waals surface area (Å²) in [4.78, 5) is 0. The van der Waals surface area contributed by atoms with E-state index in [2.05, 4.69) is 6.07 Å². The second kappa shape index (κ2) is 4.92. The van der Waals surface area contributed by atoms with Gasteiger partial charge in [0.15, 0.2) is 0 Å². The first-order valence-corrected chi connectivity index (χ1v) is 7.39. The van der Waals surface area contributed by atoms with Gasteiger partial charge in [0.1, 0.15) is 4.75 Å². The zero-order valence-corrected chi connectivity index (χ0v) is 11.8. The van der Waals surface area contributed by atoms with Crippen molar-refractivity contribution in [3.63, 3.8) is 0 Å². The van der Waals surface area contributed by atoms with Gasteiger partial charge in [-0.1, -0.05) is 54.1 Å². The highest BCUT2D eigenvalue weighted by Gasteiger charge is 2.47. The highest BCUT2D eigenvalue weighted by Crippen LogP contribution is 2.61. The lowest BCUT2D eigenvalue weighted by Gasteiger charge is -2.42. The van der Waals surface area contributed by atoms with Gasteiger partial charge in [0.25, 0.3) is 0 Å². The van der Waals surface area contributed by atoms with Gasteiger partial charge in [-0.25, -0.2) is 0 Å². The second-order valence-corrected chi connectivity index (χ2v) is 6.61. The molecule has 1 saturated heterocycles. The Hall–Kier alpha value is -1.43. The minimum atomic E-state index is -0.383. The van der Waals surface area contributed by atoms with Crippen molar-refractivity contribution in [3.05, 3.63) is 70.7 Å². The van der Waals surface area contributed by atoms with Crippen LogP contribution in [0.4, 0.5) is 0 Å². The average molecular weight is 286 g/mol. The standard InChI is InChI=1S/C16H12ClNS/c17-14-8-6-12(7-9-14)15-10-16(11-18,19-15)13-4-2-1-3-5-13/h1-9,15H,10H2/t15-,16+/m0/s1. The van der Waals surface area contributed by atoms with Gasteiger partial charge >= 0.3 is 0 Å². The summed E-state index contributed by atoms with van der Waals surface area (Å²) >= 11 is 7.63. The van der Waals surface area contributed by atoms with Crippen molar-refractivity contribution in [2.24, 2.45) is 0 Å². The second-order valence-electron chi connectivity index (χ2n) is 4.67. The van der Waals surface area contributed by atoms with Crippen LogP contribution in [0.3, 0.4) is 0 Å². The average Bonchev–Trinajstić information content (AvgIpc) is 2.41. The molecule has 0 unspecified atom stereocenters. The van der Waals surface area contributed by atoms with Crippen LogP contribution in [0.15, 0.2) is 54.6 Å². The van der Waals surface area contributed by atoms with Crippen molar-refractivity contribution in [3.8, 4) is 6.07 Å². The first-order valence-electron chi connectivity index (χ1n) is 6.13. The Kier molecular flexibility index (Phi) is 3.26. The van der Waals surface area contributed by atoms with Crippen LogP contribution < -0.4 is 0 Å². The number of benzene rings is 2. The molecule has 1 fully saturated rings. The van der Waals surface area contributed by atoms with Crippen molar-refractivity contribution in [1.82, 2.24) is 0 Å². The van der Waals surface area contributed by atoms with Crippen LogP contribution in [0, 0.1) is 11.3 Å². The van der Waals surface area contributed by atoms with Crippen molar-refractivity contribution in [2.75, 3.05) is 0 Å². The Morgan fingerprint density at radius 2 is 1.74 bits per heavy atom. The fraction of sp³-hybridized carbons (Fsp3) is 0.188. The molecule has 1 nitrogen and oxygen atoms in total. The summed E-state index contributed by atoms with van der Waals surface area (Å²) in [5.74, 6) is 0. The van der Waals surface area contributed by atoms with Gasteiger partial charge in [0.05, 0.1) is 6.07 Å². The third kappa shape index (κ3) is 2.25. The number of rotatable bonds is 2. The van der Waals surface area contributed by atoms with E-state index in [0.717, 1.165) is 17.0 Å². The first kappa shape index (κ1) is 12.6. The molecule has 1 heterocycles. The van der Waals surface area contributed by atoms with E-state index in [9.17, 15) is 5.26 Å². The molecule has 1 aliphatic rings. The number of hydrogen-bond acceptors (Lipinski definition) is 2. The topological polar surface area (TPSA) is 23.8 Å². The smallest absolute Gasteiger partial charge is 0.129 e. The maximum Gasteiger partial charge on any atom is 0.129 e. The minimum absolute atomic E-state index is 0.383. The van der Waals surface area contributed by atoms with Crippen LogP contribution >= 0.6 is 23.4 Å². The zero-order valence-electron chi connectivity index (χ0n) is 10.2. The monoisotopic (exact) mass is 285 g/mol. The molecule has 94 valence electrons. The van der Waals surface area contributed by atoms with Gasteiger partial charge in [0, 0.05) is 10.3 Å². The number of nitriles is 1. The van der Waals surface area contributed by atoms with E-state index in [0.29, 0.717) is 5.25 Å². The van der Waals surface area contributed by atoms with Gasteiger partial charge < -0.3 is 0 Å². The summed E-state index contributed by atoms with van der Waals surface area (Å²) in [6, 6.07) is 20.4. The summed E-state index contributed by atoms with van der Waals surface area (Å²) in [5.41, 5.74) is 2.35. The fourth-order valence-electron chi connectivity index (χ4n) is 2.39. The molecule has 2 aromatic rings. The lowest BCUT2D eigenvalue weighted by Crippen LogP contribution is -2.32. The Balaban J connectivity index is 1.81. The molecule has 2 atom stereocenters. The number of hydrogen-bond donors (Lipinski definition) is 0. The molecule has 0 N–H and O–H groups in total. The summed E-state index contributed by atoms with van der Waals surface area (Å²) in [6.45, 7) is 0. The maximum absolute atomic E-state index is 9.51. The lowest BCUT2D eigenvalue weighted by molar-refractivity contribution is 0.617. The summed E-state index contributed by atoms with van der Waals surface area (Å²) in [6.07, 6.45) is 0.861. The van der Waals surface area contributed by atoms with E-state index in [4.69, 9.17) is 11.6 Å². The van der Waals surface area contributed by atoms with E-state index in [1.807, 2.05) is 54.6 Å². The molecule has 2 aromatic carbocycles. The SMILES string of the molecule is N#C[C@@]1(c2ccccc2)C[C@@H](c2ccc(Cl)cc2)S1. The Labute approximate surface area is 122 Å². The Bertz CT molecular complexity index is 609. The molecule has 0 spiro atoms. The molecular weight excluding hydrogens is 274 g/mol. The number of nitrogens with zero attached hydrogens (tertiary/aromatic N) is 1. The highest BCUT2D eigenvalue weighted by atomic mass is 35.5. The molecule has 3 heteroatoms. The fourth-order valence-corrected chi connectivity index (χ4v) is 3.92. The van der Waals surface area contributed by atoms with E-state index in [-0.39, 0.29) is 4.75 Å². The van der Waals surface area contributed by atoms with Gasteiger partial charge in [-0.15, -0.1) is 11.8 Å². The predicted octanol–water partition coefficient (Wildman–Crippen LogP) is 4.94. The van der Waals surface area contributed by atoms with Crippen molar-refractivity contribution < 1.29 is 0 Å². The van der Waals surface area contributed by atoms with E-state index in [1.54, 1.807) is 11.8 Å². The highest BCUT2D eigenvalue weighted by molar-refractivity contribution is 8.02. The molecular formula is C16H12ClNS. The van der Waals surface area contributed by atoms with Gasteiger partial charge in [-0.2, -0.15) is 5.26 Å². The molecule has 19 heavy (non-hydrogen) atoms. The lowest BCUT2D eigenvalue weighted by atomic mass is 9.90. The number of halogens is 1. The largest absolute Gasteiger partial charge is 0.196 e. The van der Waals surface area contributed by atoms with Crippen LogP contribution in [0.2, 0.25) is 5.02 Å². The van der Waals surface area contributed by atoms with E-state index in [1.165, 1.54) is 5.56 Å². The normalized spacial score (nSPS) is 25.4. The van der Waals surface area contributed by atoms with Crippen molar-refractivity contribution in [2.45, 2.75) is 16.4 Å². The van der Waals surface area contributed by atoms with Crippen molar-refractivity contribution >= 4 is 23.4 Å². The van der Waals surface area contributed by atoms with Gasteiger partial charge in [-0.3, -0.25) is 0 Å². The minimum Gasteiger partial charge on any atom is -0.196 e. The molecule has 1 aliphatic heterocycles. The van der Waals surface area contributed by atoms with Gasteiger partial charge in [0.2, 0.25) is 0 Å². The summed E-state index contributed by atoms with van der Waals surface area (Å²) in [7, 11) is 0. The zero-order chi connectivity index (χ0) is 13.3. The molecule has 0 saturated carbocycles. The summed E-state index contributed by atoms with van der Waals surface area (Å²) in [5, 5.41) is 10.6. The van der Waals surface area contributed by atoms with Crippen LogP contribution in [-0.4, -0.2) is 0 Å². The third-order valence-corrected chi connectivity index (χ3v) is 5.35. The number of thioether (sulfide) groups is 1. The van der Waals surface area contributed by atoms with Crippen molar-refractivity contribution in [1.29, 1.82) is 5.26 Å². The van der Waals surface area contributed by atoms with Crippen LogP contribution in [0.25, 0.3) is 0 Å². The molecule has 3 rings (SSSR count). The van der Waals surface area contributed by atoms with Gasteiger partial charge in [-0.05, 0) is 29.7 Å². The molecule has 0 aromatic heterocycles. The summed E-state index contributed by atoms with van der Waals surface area (Å²) < 4.78 is -0.383. The van der Waals surface area contributed by atoms with Crippen LogP contribution in [0.1, 0.15) is 22.8 Å². The van der Waals surface area contributed by atoms with E-state index < -0.39 is 0 Å². The predicted molar refractivity (Wildman–Crippen MR) is 80.1 cm³/mol.